The first-order valence-electron chi connectivity index (χ1n) is 16.3. The summed E-state index contributed by atoms with van der Waals surface area (Å²) >= 11 is 10.8. The van der Waals surface area contributed by atoms with Gasteiger partial charge in [-0.25, -0.2) is 0 Å². The van der Waals surface area contributed by atoms with Crippen molar-refractivity contribution in [3.8, 4) is 30.6 Å². The molecule has 10 heteroatoms. The Morgan fingerprint density at radius 1 is 0.480 bits per heavy atom. The summed E-state index contributed by atoms with van der Waals surface area (Å²) < 4.78 is 2.65. The Kier molecular flexibility index (Phi) is 7.38. The minimum Gasteiger partial charge on any atom is -0.309 e. The van der Waals surface area contributed by atoms with Crippen molar-refractivity contribution in [2.75, 3.05) is 14.1 Å². The lowest BCUT2D eigenvalue weighted by Gasteiger charge is -2.18. The number of fused-ring (bicyclic) bond motifs is 3. The van der Waals surface area contributed by atoms with Gasteiger partial charge >= 0.3 is 0 Å². The molecular weight excluding hydrogens is 733 g/mol. The molecule has 0 unspecified atom stereocenters. The van der Waals surface area contributed by atoms with Crippen LogP contribution in [0.25, 0.3) is 62.2 Å². The largest absolute Gasteiger partial charge is 0.309 e. The van der Waals surface area contributed by atoms with Gasteiger partial charge in [0.15, 0.2) is 0 Å². The van der Waals surface area contributed by atoms with E-state index in [4.69, 9.17) is 0 Å². The summed E-state index contributed by atoms with van der Waals surface area (Å²) in [5.41, 5.74) is 7.44. The van der Waals surface area contributed by atoms with E-state index in [1.165, 1.54) is 75.9 Å². The maximum absolute atomic E-state index is 13.9. The van der Waals surface area contributed by atoms with Crippen LogP contribution in [0.1, 0.15) is 40.4 Å². The highest BCUT2D eigenvalue weighted by molar-refractivity contribution is 7.28. The summed E-state index contributed by atoms with van der Waals surface area (Å²) in [6.07, 6.45) is 0. The van der Waals surface area contributed by atoms with E-state index in [1.807, 2.05) is 45.3 Å². The Bertz CT molecular complexity index is 2580. The second kappa shape index (κ2) is 11.4. The lowest BCUT2D eigenvalue weighted by atomic mass is 9.99. The topological polar surface area (TPSA) is 40.6 Å². The quantitative estimate of drug-likeness (QED) is 0.175. The predicted octanol–water partition coefficient (Wildman–Crippen LogP) is 12.3. The van der Waals surface area contributed by atoms with Gasteiger partial charge < -0.3 is 9.80 Å². The van der Waals surface area contributed by atoms with Crippen molar-refractivity contribution in [1.29, 1.82) is 0 Å². The molecule has 2 amide bonds. The van der Waals surface area contributed by atoms with Crippen LogP contribution in [0, 0.1) is 41.5 Å². The number of benzene rings is 1. The van der Waals surface area contributed by atoms with Gasteiger partial charge in [-0.3, -0.25) is 9.59 Å². The van der Waals surface area contributed by atoms with Crippen LogP contribution in [-0.2, 0) is 9.59 Å². The number of likely N-dealkylation sites (N-methyl/N-ethyl adjacent to an activating group) is 2. The van der Waals surface area contributed by atoms with Crippen molar-refractivity contribution in [2.24, 2.45) is 0 Å². The van der Waals surface area contributed by atoms with Gasteiger partial charge in [-0.05, 0) is 101 Å². The van der Waals surface area contributed by atoms with Gasteiger partial charge in [0.05, 0.1) is 32.3 Å². The van der Waals surface area contributed by atoms with Crippen LogP contribution in [0.3, 0.4) is 0 Å². The van der Waals surface area contributed by atoms with Crippen LogP contribution in [0.15, 0.2) is 59.7 Å². The van der Waals surface area contributed by atoms with Crippen LogP contribution in [0.2, 0.25) is 0 Å². The van der Waals surface area contributed by atoms with Gasteiger partial charge in [-0.15, -0.1) is 68.0 Å². The Labute approximate surface area is 314 Å². The smallest absolute Gasteiger partial charge is 0.261 e. The van der Waals surface area contributed by atoms with Crippen LogP contribution < -0.4 is 0 Å². The first-order valence-corrected chi connectivity index (χ1v) is 21.2. The summed E-state index contributed by atoms with van der Waals surface area (Å²) in [5, 5.41) is 2.61. The van der Waals surface area contributed by atoms with Crippen molar-refractivity contribution in [3.63, 3.8) is 0 Å². The van der Waals surface area contributed by atoms with Gasteiger partial charge in [-0.1, -0.05) is 0 Å². The zero-order valence-electron chi connectivity index (χ0n) is 28.8. The molecule has 50 heavy (non-hydrogen) atoms. The van der Waals surface area contributed by atoms with E-state index in [0.29, 0.717) is 16.8 Å². The normalized spacial score (nSPS) is 15.0. The van der Waals surface area contributed by atoms with Crippen molar-refractivity contribution < 1.29 is 9.59 Å². The van der Waals surface area contributed by atoms with Crippen molar-refractivity contribution >= 4 is 111 Å². The fourth-order valence-corrected chi connectivity index (χ4v) is 14.1. The molecule has 4 nitrogen and oxygen atoms in total. The Balaban J connectivity index is 1.26. The predicted molar refractivity (Wildman–Crippen MR) is 219 cm³/mol. The van der Waals surface area contributed by atoms with E-state index in [9.17, 15) is 9.59 Å². The minimum absolute atomic E-state index is 0.122. The Hall–Kier alpha value is -3.64. The summed E-state index contributed by atoms with van der Waals surface area (Å²) in [6, 6.07) is 18.0. The molecule has 9 rings (SSSR count). The number of nitrogens with zero attached hydrogens (tertiary/aromatic N) is 2. The summed E-state index contributed by atoms with van der Waals surface area (Å²) in [4.78, 5) is 43.2. The molecule has 2 aliphatic rings. The SMILES string of the molecule is Cc1ccc(-c2c3cc(-c4sc(C5=C6C(=O)N(C)C(c7cc(C)c(C)s7)=C6C(=O)N5C)cc4C)sc3c(-c3ccc(C)s3)c3cc(C)sc23)s1. The fourth-order valence-electron chi connectivity index (χ4n) is 7.27. The van der Waals surface area contributed by atoms with Gasteiger partial charge in [0.1, 0.15) is 0 Å². The highest BCUT2D eigenvalue weighted by Gasteiger charge is 2.47. The second-order valence-corrected chi connectivity index (χ2v) is 20.4. The molecule has 0 spiro atoms. The molecule has 0 saturated heterocycles. The van der Waals surface area contributed by atoms with Crippen LogP contribution >= 0.6 is 68.0 Å². The van der Waals surface area contributed by atoms with E-state index in [1.54, 1.807) is 46.6 Å². The molecule has 1 aromatic carbocycles. The van der Waals surface area contributed by atoms with E-state index in [2.05, 4.69) is 90.1 Å². The Morgan fingerprint density at radius 3 is 1.52 bits per heavy atom. The standard InChI is InChI=1S/C40H32N2O2S6/c1-17-13-27(48-22(17)6)34-32-33(40(44)41(34)7)35(42(8)39(32)43)28-14-18(2)36(49-28)29-16-24-31(26-12-10-20(4)46-26)37-23(15-21(5)47-37)30(38(24)50-29)25-11-9-19(3)45-25/h9-16H,1-8H3. The third-order valence-electron chi connectivity index (χ3n) is 9.76. The molecule has 6 aromatic heterocycles. The number of amides is 2. The first-order chi connectivity index (χ1) is 23.9. The average Bonchev–Trinajstić information content (AvgIpc) is 3.93. The number of aryl methyl sites for hydroxylation is 6. The minimum atomic E-state index is -0.122. The van der Waals surface area contributed by atoms with Crippen molar-refractivity contribution in [2.45, 2.75) is 41.5 Å². The molecule has 7 aromatic rings. The molecule has 0 N–H and O–H groups in total. The third kappa shape index (κ3) is 4.62. The zero-order chi connectivity index (χ0) is 34.9. The molecule has 250 valence electrons. The van der Waals surface area contributed by atoms with E-state index in [-0.39, 0.29) is 11.8 Å². The Morgan fingerprint density at radius 2 is 1.00 bits per heavy atom. The second-order valence-electron chi connectivity index (χ2n) is 13.2. The van der Waals surface area contributed by atoms with Crippen LogP contribution in [-0.4, -0.2) is 35.7 Å². The number of hydrogen-bond donors (Lipinski definition) is 0. The highest BCUT2D eigenvalue weighted by atomic mass is 32.1. The van der Waals surface area contributed by atoms with Crippen molar-refractivity contribution in [1.82, 2.24) is 9.80 Å². The molecular formula is C40H32N2O2S6. The lowest BCUT2D eigenvalue weighted by molar-refractivity contribution is -0.123. The van der Waals surface area contributed by atoms with E-state index in [0.717, 1.165) is 21.0 Å². The van der Waals surface area contributed by atoms with Crippen LogP contribution in [0.5, 0.6) is 0 Å². The van der Waals surface area contributed by atoms with E-state index < -0.39 is 0 Å². The third-order valence-corrected chi connectivity index (χ3v) is 16.6. The summed E-state index contributed by atoms with van der Waals surface area (Å²) in [7, 11) is 3.60. The van der Waals surface area contributed by atoms with Gasteiger partial charge in [0.25, 0.3) is 11.8 Å². The fraction of sp³-hybridized carbons (Fsp3) is 0.200. The average molecular weight is 765 g/mol. The molecule has 0 fully saturated rings. The maximum Gasteiger partial charge on any atom is 0.261 e. The number of hydrogen-bond acceptors (Lipinski definition) is 8. The highest BCUT2D eigenvalue weighted by Crippen LogP contribution is 2.55. The van der Waals surface area contributed by atoms with Gasteiger partial charge in [0, 0.05) is 84.4 Å². The molecule has 2 aliphatic heterocycles. The molecule has 8 heterocycles. The molecule has 0 radical (unpaired) electrons. The van der Waals surface area contributed by atoms with Crippen LogP contribution in [0.4, 0.5) is 0 Å². The first kappa shape index (κ1) is 32.3. The van der Waals surface area contributed by atoms with Gasteiger partial charge in [-0.2, -0.15) is 0 Å². The molecule has 0 saturated carbocycles. The summed E-state index contributed by atoms with van der Waals surface area (Å²) in [6.45, 7) is 12.9. The van der Waals surface area contributed by atoms with E-state index >= 15 is 0 Å². The summed E-state index contributed by atoms with van der Waals surface area (Å²) in [5.74, 6) is -0.244. The number of thiophene rings is 6. The molecule has 0 bridgehead atoms. The van der Waals surface area contributed by atoms with Gasteiger partial charge in [0.2, 0.25) is 0 Å². The molecule has 0 atom stereocenters. The number of carbonyl (C=O) groups excluding carboxylic acids is 2. The lowest BCUT2D eigenvalue weighted by Crippen LogP contribution is -2.24. The zero-order valence-corrected chi connectivity index (χ0v) is 33.7. The number of rotatable bonds is 5. The molecule has 0 aliphatic carbocycles. The maximum atomic E-state index is 13.9. The monoisotopic (exact) mass is 764 g/mol. The van der Waals surface area contributed by atoms with Crippen molar-refractivity contribution in [3.05, 3.63) is 100 Å². The number of carbonyl (C=O) groups is 2.